The molecule has 0 bridgehead atoms. The van der Waals surface area contributed by atoms with Gasteiger partial charge < -0.3 is 10.0 Å². The minimum absolute atomic E-state index is 0.00249. The summed E-state index contributed by atoms with van der Waals surface area (Å²) in [6, 6.07) is 3.20. The average Bonchev–Trinajstić information content (AvgIpc) is 2.77. The summed E-state index contributed by atoms with van der Waals surface area (Å²) >= 11 is 7.81. The van der Waals surface area contributed by atoms with Crippen molar-refractivity contribution in [2.75, 3.05) is 13.1 Å². The van der Waals surface area contributed by atoms with E-state index < -0.39 is 0 Å². The van der Waals surface area contributed by atoms with E-state index in [1.807, 2.05) is 27.5 Å². The Morgan fingerprint density at radius 2 is 2.00 bits per heavy atom. The van der Waals surface area contributed by atoms with Crippen LogP contribution in [0, 0.1) is 3.57 Å². The monoisotopic (exact) mass is 351 g/mol. The average molecular weight is 352 g/mol. The SMILES string of the molecule is O=C(c1cc(Cl)c(O)c(I)c1)N1CCCC1. The number of rotatable bonds is 1. The van der Waals surface area contributed by atoms with Crippen molar-refractivity contribution in [1.29, 1.82) is 0 Å². The zero-order valence-corrected chi connectivity index (χ0v) is 11.5. The predicted octanol–water partition coefficient (Wildman–Crippen LogP) is 2.89. The molecule has 1 N–H and O–H groups in total. The van der Waals surface area contributed by atoms with E-state index in [0.717, 1.165) is 25.9 Å². The van der Waals surface area contributed by atoms with Gasteiger partial charge in [0.2, 0.25) is 0 Å². The number of likely N-dealkylation sites (tertiary alicyclic amines) is 1. The maximum absolute atomic E-state index is 12.0. The third kappa shape index (κ3) is 2.27. The van der Waals surface area contributed by atoms with Gasteiger partial charge in [0.15, 0.2) is 0 Å². The molecule has 86 valence electrons. The van der Waals surface area contributed by atoms with Gasteiger partial charge in [-0.2, -0.15) is 0 Å². The van der Waals surface area contributed by atoms with Crippen LogP contribution in [-0.4, -0.2) is 29.0 Å². The van der Waals surface area contributed by atoms with Gasteiger partial charge in [0.05, 0.1) is 8.59 Å². The third-order valence-electron chi connectivity index (χ3n) is 2.66. The summed E-state index contributed by atoms with van der Waals surface area (Å²) in [6.07, 6.45) is 2.13. The summed E-state index contributed by atoms with van der Waals surface area (Å²) in [5.41, 5.74) is 0.550. The molecule has 0 saturated carbocycles. The molecule has 0 radical (unpaired) electrons. The normalized spacial score (nSPS) is 15.5. The van der Waals surface area contributed by atoms with Crippen LogP contribution in [0.3, 0.4) is 0 Å². The zero-order valence-electron chi connectivity index (χ0n) is 8.54. The fourth-order valence-corrected chi connectivity index (χ4v) is 2.80. The first-order chi connectivity index (χ1) is 7.59. The van der Waals surface area contributed by atoms with Gasteiger partial charge in [0.1, 0.15) is 5.75 Å². The van der Waals surface area contributed by atoms with Gasteiger partial charge in [-0.05, 0) is 47.6 Å². The van der Waals surface area contributed by atoms with Gasteiger partial charge in [-0.3, -0.25) is 4.79 Å². The summed E-state index contributed by atoms with van der Waals surface area (Å²) in [5.74, 6) is 0.0394. The maximum atomic E-state index is 12.0. The van der Waals surface area contributed by atoms with Crippen LogP contribution in [0.15, 0.2) is 12.1 Å². The number of benzene rings is 1. The Balaban J connectivity index is 2.29. The van der Waals surface area contributed by atoms with Gasteiger partial charge in [-0.15, -0.1) is 0 Å². The number of phenolic OH excluding ortho intramolecular Hbond substituents is 1. The van der Waals surface area contributed by atoms with Crippen molar-refractivity contribution in [3.63, 3.8) is 0 Å². The summed E-state index contributed by atoms with van der Waals surface area (Å²) in [4.78, 5) is 13.9. The van der Waals surface area contributed by atoms with Gasteiger partial charge >= 0.3 is 0 Å². The molecule has 1 aliphatic heterocycles. The molecule has 1 heterocycles. The first-order valence-electron chi connectivity index (χ1n) is 5.07. The van der Waals surface area contributed by atoms with E-state index in [1.54, 1.807) is 6.07 Å². The zero-order chi connectivity index (χ0) is 11.7. The Bertz CT molecular complexity index is 407. The molecule has 1 aromatic rings. The van der Waals surface area contributed by atoms with Crippen molar-refractivity contribution in [3.05, 3.63) is 26.3 Å². The van der Waals surface area contributed by atoms with Crippen molar-refractivity contribution < 1.29 is 9.90 Å². The quantitative estimate of drug-likeness (QED) is 0.791. The van der Waals surface area contributed by atoms with E-state index in [-0.39, 0.29) is 16.7 Å². The molecular formula is C11H11ClINO2. The Morgan fingerprint density at radius 3 is 2.56 bits per heavy atom. The molecule has 1 saturated heterocycles. The van der Waals surface area contributed by atoms with Crippen molar-refractivity contribution in [2.24, 2.45) is 0 Å². The predicted molar refractivity (Wildman–Crippen MR) is 71.0 cm³/mol. The lowest BCUT2D eigenvalue weighted by atomic mass is 10.2. The van der Waals surface area contributed by atoms with Crippen LogP contribution >= 0.6 is 34.2 Å². The Morgan fingerprint density at radius 1 is 1.38 bits per heavy atom. The van der Waals surface area contributed by atoms with Crippen molar-refractivity contribution in [1.82, 2.24) is 4.90 Å². The molecule has 1 fully saturated rings. The standard InChI is InChI=1S/C11H11ClINO2/c12-8-5-7(6-9(13)10(8)15)11(16)14-3-1-2-4-14/h5-6,15H,1-4H2. The molecule has 0 spiro atoms. The van der Waals surface area contributed by atoms with Crippen molar-refractivity contribution in [3.8, 4) is 5.75 Å². The number of aromatic hydroxyl groups is 1. The number of hydrogen-bond donors (Lipinski definition) is 1. The number of hydrogen-bond acceptors (Lipinski definition) is 2. The summed E-state index contributed by atoms with van der Waals surface area (Å²) < 4.78 is 0.604. The minimum atomic E-state index is -0.00249. The fraction of sp³-hybridized carbons (Fsp3) is 0.364. The first kappa shape index (κ1) is 12.0. The number of carbonyl (C=O) groups excluding carboxylic acids is 1. The highest BCUT2D eigenvalue weighted by molar-refractivity contribution is 14.1. The van der Waals surface area contributed by atoms with Gasteiger partial charge in [0, 0.05) is 18.7 Å². The maximum Gasteiger partial charge on any atom is 0.253 e. The van der Waals surface area contributed by atoms with Gasteiger partial charge in [-0.1, -0.05) is 11.6 Å². The molecule has 3 nitrogen and oxygen atoms in total. The van der Waals surface area contributed by atoms with Crippen LogP contribution < -0.4 is 0 Å². The number of nitrogens with zero attached hydrogens (tertiary/aromatic N) is 1. The molecule has 2 rings (SSSR count). The molecule has 5 heteroatoms. The van der Waals surface area contributed by atoms with E-state index in [9.17, 15) is 9.90 Å². The summed E-state index contributed by atoms with van der Waals surface area (Å²) in [5, 5.41) is 9.74. The van der Waals surface area contributed by atoms with E-state index in [4.69, 9.17) is 11.6 Å². The molecular weight excluding hydrogens is 340 g/mol. The van der Waals surface area contributed by atoms with E-state index in [1.165, 1.54) is 6.07 Å². The second-order valence-corrected chi connectivity index (χ2v) is 5.36. The second-order valence-electron chi connectivity index (χ2n) is 3.79. The molecule has 0 aliphatic carbocycles. The van der Waals surface area contributed by atoms with Crippen LogP contribution in [0.1, 0.15) is 23.2 Å². The summed E-state index contributed by atoms with van der Waals surface area (Å²) in [7, 11) is 0. The second kappa shape index (κ2) is 4.79. The number of phenols is 1. The third-order valence-corrected chi connectivity index (χ3v) is 3.77. The fourth-order valence-electron chi connectivity index (χ4n) is 1.79. The lowest BCUT2D eigenvalue weighted by Crippen LogP contribution is -2.27. The minimum Gasteiger partial charge on any atom is -0.505 e. The van der Waals surface area contributed by atoms with Gasteiger partial charge in [-0.25, -0.2) is 0 Å². The van der Waals surface area contributed by atoms with Crippen LogP contribution in [0.25, 0.3) is 0 Å². The topological polar surface area (TPSA) is 40.5 Å². The molecule has 1 amide bonds. The molecule has 0 aromatic heterocycles. The molecule has 0 atom stereocenters. The smallest absolute Gasteiger partial charge is 0.253 e. The summed E-state index contributed by atoms with van der Waals surface area (Å²) in [6.45, 7) is 1.63. The first-order valence-corrected chi connectivity index (χ1v) is 6.52. The van der Waals surface area contributed by atoms with E-state index in [2.05, 4.69) is 0 Å². The van der Waals surface area contributed by atoms with Crippen LogP contribution in [0.4, 0.5) is 0 Å². The Hall–Kier alpha value is -0.490. The van der Waals surface area contributed by atoms with Crippen LogP contribution in [-0.2, 0) is 0 Å². The largest absolute Gasteiger partial charge is 0.505 e. The van der Waals surface area contributed by atoms with E-state index >= 15 is 0 Å². The highest BCUT2D eigenvalue weighted by Crippen LogP contribution is 2.30. The lowest BCUT2D eigenvalue weighted by Gasteiger charge is -2.15. The molecule has 16 heavy (non-hydrogen) atoms. The Labute approximate surface area is 113 Å². The van der Waals surface area contributed by atoms with Crippen molar-refractivity contribution >= 4 is 40.1 Å². The van der Waals surface area contributed by atoms with E-state index in [0.29, 0.717) is 9.13 Å². The van der Waals surface area contributed by atoms with Crippen LogP contribution in [0.2, 0.25) is 5.02 Å². The highest BCUT2D eigenvalue weighted by atomic mass is 127. The number of carbonyl (C=O) groups is 1. The number of halogens is 2. The number of amides is 1. The molecule has 0 unspecified atom stereocenters. The highest BCUT2D eigenvalue weighted by Gasteiger charge is 2.21. The Kier molecular flexibility index (Phi) is 3.59. The van der Waals surface area contributed by atoms with Crippen molar-refractivity contribution in [2.45, 2.75) is 12.8 Å². The van der Waals surface area contributed by atoms with Crippen LogP contribution in [0.5, 0.6) is 5.75 Å². The lowest BCUT2D eigenvalue weighted by molar-refractivity contribution is 0.0792. The molecule has 1 aliphatic rings. The molecule has 1 aromatic carbocycles. The van der Waals surface area contributed by atoms with Gasteiger partial charge in [0.25, 0.3) is 5.91 Å².